The first-order valence-electron chi connectivity index (χ1n) is 8.00. The van der Waals surface area contributed by atoms with E-state index in [1.807, 2.05) is 0 Å². The maximum atomic E-state index is 3.11. The quantitative estimate of drug-likeness (QED) is 0.387. The average Bonchev–Trinajstić information content (AvgIpc) is 2.55. The van der Waals surface area contributed by atoms with Crippen LogP contribution in [0.1, 0.15) is 37.2 Å². The van der Waals surface area contributed by atoms with Crippen LogP contribution in [-0.4, -0.2) is 5.66 Å². The Labute approximate surface area is 128 Å². The third kappa shape index (κ3) is 2.27. The largest absolute Gasteiger partial charge is 0.134 e. The average molecular weight is 292 g/mol. The number of rotatable bonds is 1. The first kappa shape index (κ1) is 13.3. The maximum absolute atomic E-state index is 3.11. The minimum Gasteiger partial charge on any atom is -0.134 e. The van der Waals surface area contributed by atoms with Gasteiger partial charge in [-0.15, -0.1) is 9.24 Å². The lowest BCUT2D eigenvalue weighted by Gasteiger charge is -2.30. The predicted molar refractivity (Wildman–Crippen MR) is 96.2 cm³/mol. The Morgan fingerprint density at radius 2 is 1.43 bits per heavy atom. The molecule has 3 atom stereocenters. The molecule has 0 saturated heterocycles. The highest BCUT2D eigenvalue weighted by Crippen LogP contribution is 2.42. The van der Waals surface area contributed by atoms with E-state index in [9.17, 15) is 0 Å². The van der Waals surface area contributed by atoms with Crippen molar-refractivity contribution in [2.45, 2.75) is 37.3 Å². The van der Waals surface area contributed by atoms with Crippen molar-refractivity contribution in [3.8, 4) is 0 Å². The highest BCUT2D eigenvalue weighted by molar-refractivity contribution is 7.17. The first-order chi connectivity index (χ1) is 10.3. The maximum Gasteiger partial charge on any atom is -0.00926 e. The number of hydrogen-bond acceptors (Lipinski definition) is 0. The van der Waals surface area contributed by atoms with Gasteiger partial charge in [0.05, 0.1) is 0 Å². The fraction of sp³-hybridized carbons (Fsp3) is 0.300. The second-order valence-corrected chi connectivity index (χ2v) is 7.14. The molecular weight excluding hydrogens is 271 g/mol. The lowest BCUT2D eigenvalue weighted by molar-refractivity contribution is 0.457. The summed E-state index contributed by atoms with van der Waals surface area (Å²) in [5.74, 6) is 0.693. The molecule has 3 unspecified atom stereocenters. The first-order valence-corrected chi connectivity index (χ1v) is 8.67. The Bertz CT molecular complexity index is 790. The van der Waals surface area contributed by atoms with Crippen molar-refractivity contribution in [3.63, 3.8) is 0 Å². The normalized spacial score (nSPS) is 22.7. The van der Waals surface area contributed by atoms with Gasteiger partial charge in [-0.3, -0.25) is 0 Å². The van der Waals surface area contributed by atoms with Gasteiger partial charge in [0, 0.05) is 0 Å². The van der Waals surface area contributed by atoms with Crippen LogP contribution in [0.5, 0.6) is 0 Å². The molecule has 0 spiro atoms. The molecule has 1 fully saturated rings. The van der Waals surface area contributed by atoms with Crippen LogP contribution in [0.4, 0.5) is 0 Å². The molecule has 0 heterocycles. The lowest BCUT2D eigenvalue weighted by atomic mass is 9.80. The summed E-state index contributed by atoms with van der Waals surface area (Å²) in [7, 11) is 3.11. The van der Waals surface area contributed by atoms with E-state index in [2.05, 4.69) is 63.8 Å². The fourth-order valence-corrected chi connectivity index (χ4v) is 4.57. The molecule has 0 N–H and O–H groups in total. The monoisotopic (exact) mass is 292 g/mol. The second kappa shape index (κ2) is 5.43. The van der Waals surface area contributed by atoms with Gasteiger partial charge in [-0.05, 0) is 51.5 Å². The number of benzene rings is 3. The highest BCUT2D eigenvalue weighted by Gasteiger charge is 2.25. The molecule has 4 rings (SSSR count). The summed E-state index contributed by atoms with van der Waals surface area (Å²) in [5, 5.41) is 5.63. The Morgan fingerprint density at radius 1 is 0.762 bits per heavy atom. The molecular formula is C20H21P. The zero-order valence-electron chi connectivity index (χ0n) is 12.3. The molecule has 1 aliphatic carbocycles. The van der Waals surface area contributed by atoms with Crippen LogP contribution in [0.15, 0.2) is 54.6 Å². The van der Waals surface area contributed by atoms with Crippen molar-refractivity contribution in [1.29, 1.82) is 0 Å². The zero-order valence-corrected chi connectivity index (χ0v) is 13.4. The van der Waals surface area contributed by atoms with Crippen molar-refractivity contribution in [2.75, 3.05) is 0 Å². The summed E-state index contributed by atoms with van der Waals surface area (Å²) in [6.45, 7) is 0. The van der Waals surface area contributed by atoms with Crippen molar-refractivity contribution >= 4 is 30.8 Å². The van der Waals surface area contributed by atoms with Gasteiger partial charge in [-0.1, -0.05) is 67.4 Å². The van der Waals surface area contributed by atoms with Crippen LogP contribution in [0.2, 0.25) is 0 Å². The van der Waals surface area contributed by atoms with Gasteiger partial charge >= 0.3 is 0 Å². The van der Waals surface area contributed by atoms with Crippen LogP contribution >= 0.6 is 9.24 Å². The standard InChI is InChI=1S/C20H21P/c21-20-12-6-5-11-18(20)19-13-14-7-1-2-8-15(14)16-9-3-4-10-17(16)19/h1-4,7-10,13,18,20H,5-6,11-12,21H2. The molecule has 3 aromatic carbocycles. The van der Waals surface area contributed by atoms with Crippen molar-refractivity contribution in [3.05, 3.63) is 60.2 Å². The molecule has 1 aliphatic rings. The second-order valence-electron chi connectivity index (χ2n) is 6.29. The Kier molecular flexibility index (Phi) is 3.43. The number of fused-ring (bicyclic) bond motifs is 3. The van der Waals surface area contributed by atoms with Crippen molar-refractivity contribution in [2.24, 2.45) is 0 Å². The van der Waals surface area contributed by atoms with Gasteiger partial charge in [-0.25, -0.2) is 0 Å². The van der Waals surface area contributed by atoms with Crippen LogP contribution in [0, 0.1) is 0 Å². The summed E-state index contributed by atoms with van der Waals surface area (Å²) in [6, 6.07) is 20.2. The summed E-state index contributed by atoms with van der Waals surface area (Å²) in [6.07, 6.45) is 5.43. The lowest BCUT2D eigenvalue weighted by Crippen LogP contribution is -2.17. The summed E-state index contributed by atoms with van der Waals surface area (Å²) < 4.78 is 0. The molecule has 1 saturated carbocycles. The minimum atomic E-state index is 0.693. The van der Waals surface area contributed by atoms with Crippen molar-refractivity contribution < 1.29 is 0 Å². The molecule has 0 amide bonds. The Morgan fingerprint density at radius 3 is 2.24 bits per heavy atom. The molecule has 0 bridgehead atoms. The van der Waals surface area contributed by atoms with Gasteiger partial charge in [0.2, 0.25) is 0 Å². The van der Waals surface area contributed by atoms with E-state index in [0.717, 1.165) is 5.66 Å². The molecule has 1 heteroatoms. The highest BCUT2D eigenvalue weighted by atomic mass is 31.0. The Hall–Kier alpha value is -1.39. The van der Waals surface area contributed by atoms with E-state index in [1.54, 1.807) is 5.56 Å². The van der Waals surface area contributed by atoms with Crippen LogP contribution in [0.3, 0.4) is 0 Å². The van der Waals surface area contributed by atoms with Crippen LogP contribution < -0.4 is 0 Å². The van der Waals surface area contributed by atoms with E-state index in [0.29, 0.717) is 5.92 Å². The molecule has 106 valence electrons. The molecule has 3 aromatic rings. The topological polar surface area (TPSA) is 0 Å². The summed E-state index contributed by atoms with van der Waals surface area (Å²) >= 11 is 0. The van der Waals surface area contributed by atoms with Gasteiger partial charge in [0.25, 0.3) is 0 Å². The molecule has 0 aromatic heterocycles. The minimum absolute atomic E-state index is 0.693. The molecule has 21 heavy (non-hydrogen) atoms. The van der Waals surface area contributed by atoms with E-state index in [4.69, 9.17) is 0 Å². The molecule has 0 radical (unpaired) electrons. The third-order valence-electron chi connectivity index (χ3n) is 5.02. The van der Waals surface area contributed by atoms with Gasteiger partial charge in [-0.2, -0.15) is 0 Å². The van der Waals surface area contributed by atoms with Gasteiger partial charge < -0.3 is 0 Å². The SMILES string of the molecule is PC1CCCCC1c1cc2ccccc2c2ccccc12. The van der Waals surface area contributed by atoms with Crippen LogP contribution in [-0.2, 0) is 0 Å². The van der Waals surface area contributed by atoms with E-state index < -0.39 is 0 Å². The van der Waals surface area contributed by atoms with E-state index in [1.165, 1.54) is 47.2 Å². The fourth-order valence-electron chi connectivity index (χ4n) is 3.94. The zero-order chi connectivity index (χ0) is 14.2. The summed E-state index contributed by atoms with van der Waals surface area (Å²) in [5.41, 5.74) is 2.28. The third-order valence-corrected chi connectivity index (χ3v) is 5.82. The molecule has 0 nitrogen and oxygen atoms in total. The smallest absolute Gasteiger partial charge is 0.00926 e. The van der Waals surface area contributed by atoms with E-state index >= 15 is 0 Å². The summed E-state index contributed by atoms with van der Waals surface area (Å²) in [4.78, 5) is 0. The molecule has 0 aliphatic heterocycles. The van der Waals surface area contributed by atoms with Crippen molar-refractivity contribution in [1.82, 2.24) is 0 Å². The predicted octanol–water partition coefficient (Wildman–Crippen LogP) is 5.89. The number of hydrogen-bond donors (Lipinski definition) is 0. The van der Waals surface area contributed by atoms with Gasteiger partial charge in [0.15, 0.2) is 0 Å². The van der Waals surface area contributed by atoms with Crippen LogP contribution in [0.25, 0.3) is 21.5 Å². The Balaban J connectivity index is 2.02. The van der Waals surface area contributed by atoms with Gasteiger partial charge in [0.1, 0.15) is 0 Å². The van der Waals surface area contributed by atoms with E-state index in [-0.39, 0.29) is 0 Å².